The van der Waals surface area contributed by atoms with Gasteiger partial charge in [0.25, 0.3) is 0 Å². The van der Waals surface area contributed by atoms with Crippen molar-refractivity contribution in [1.29, 1.82) is 0 Å². The van der Waals surface area contributed by atoms with E-state index in [9.17, 15) is 0 Å². The molecule has 0 nitrogen and oxygen atoms in total. The first-order valence-electron chi connectivity index (χ1n) is 4.97. The van der Waals surface area contributed by atoms with Gasteiger partial charge < -0.3 is 0 Å². The van der Waals surface area contributed by atoms with Crippen LogP contribution in [0.25, 0.3) is 0 Å². The van der Waals surface area contributed by atoms with Crippen LogP contribution in [0.4, 0.5) is 0 Å². The summed E-state index contributed by atoms with van der Waals surface area (Å²) < 4.78 is 0. The average molecular weight is 219 g/mol. The molecule has 0 aromatic carbocycles. The standard InChI is InChI=1S/C10H19Br/c1-2-3-5-9-6-4-7-10(11)8-9/h9-10H,2-8H2,1H3. The largest absolute Gasteiger partial charge is 0.0891 e. The van der Waals surface area contributed by atoms with Gasteiger partial charge in [-0.15, -0.1) is 0 Å². The molecule has 0 N–H and O–H groups in total. The van der Waals surface area contributed by atoms with E-state index in [0.29, 0.717) is 0 Å². The monoisotopic (exact) mass is 218 g/mol. The molecule has 0 aromatic heterocycles. The molecular weight excluding hydrogens is 200 g/mol. The zero-order chi connectivity index (χ0) is 8.10. The minimum absolute atomic E-state index is 0.832. The second-order valence-corrected chi connectivity index (χ2v) is 5.07. The van der Waals surface area contributed by atoms with Gasteiger partial charge in [-0.1, -0.05) is 55.0 Å². The van der Waals surface area contributed by atoms with Crippen LogP contribution in [-0.2, 0) is 0 Å². The topological polar surface area (TPSA) is 0 Å². The fourth-order valence-electron chi connectivity index (χ4n) is 1.98. The summed E-state index contributed by atoms with van der Waals surface area (Å²) in [5.74, 6) is 1.04. The third-order valence-electron chi connectivity index (χ3n) is 2.68. The van der Waals surface area contributed by atoms with Crippen molar-refractivity contribution in [3.05, 3.63) is 0 Å². The van der Waals surface area contributed by atoms with Gasteiger partial charge in [0.1, 0.15) is 0 Å². The molecule has 66 valence electrons. The summed E-state index contributed by atoms with van der Waals surface area (Å²) in [6.07, 6.45) is 10.0. The van der Waals surface area contributed by atoms with E-state index in [2.05, 4.69) is 22.9 Å². The third kappa shape index (κ3) is 3.59. The van der Waals surface area contributed by atoms with Crippen molar-refractivity contribution in [2.75, 3.05) is 0 Å². The van der Waals surface area contributed by atoms with Crippen LogP contribution < -0.4 is 0 Å². The highest BCUT2D eigenvalue weighted by Crippen LogP contribution is 2.31. The van der Waals surface area contributed by atoms with Gasteiger partial charge in [0, 0.05) is 4.83 Å². The molecule has 0 saturated heterocycles. The molecule has 0 aliphatic heterocycles. The van der Waals surface area contributed by atoms with E-state index in [1.54, 1.807) is 0 Å². The van der Waals surface area contributed by atoms with Crippen molar-refractivity contribution >= 4 is 15.9 Å². The van der Waals surface area contributed by atoms with Crippen LogP contribution in [0.5, 0.6) is 0 Å². The molecule has 0 amide bonds. The number of rotatable bonds is 3. The summed E-state index contributed by atoms with van der Waals surface area (Å²) in [5.41, 5.74) is 0. The Balaban J connectivity index is 2.12. The van der Waals surface area contributed by atoms with E-state index in [-0.39, 0.29) is 0 Å². The number of hydrogen-bond donors (Lipinski definition) is 0. The normalized spacial score (nSPS) is 32.2. The molecule has 2 unspecified atom stereocenters. The molecule has 0 radical (unpaired) electrons. The summed E-state index contributed by atoms with van der Waals surface area (Å²) >= 11 is 3.72. The Morgan fingerprint density at radius 1 is 1.36 bits per heavy atom. The highest BCUT2D eigenvalue weighted by atomic mass is 79.9. The minimum Gasteiger partial charge on any atom is -0.0891 e. The van der Waals surface area contributed by atoms with E-state index < -0.39 is 0 Å². The van der Waals surface area contributed by atoms with Crippen LogP contribution in [0.15, 0.2) is 0 Å². The van der Waals surface area contributed by atoms with Gasteiger partial charge in [-0.2, -0.15) is 0 Å². The molecule has 0 spiro atoms. The van der Waals surface area contributed by atoms with E-state index in [4.69, 9.17) is 0 Å². The van der Waals surface area contributed by atoms with E-state index in [0.717, 1.165) is 10.7 Å². The molecule has 1 fully saturated rings. The lowest BCUT2D eigenvalue weighted by atomic mass is 9.86. The molecule has 0 bridgehead atoms. The highest BCUT2D eigenvalue weighted by Gasteiger charge is 2.18. The molecule has 0 aromatic rings. The Bertz CT molecular complexity index is 101. The Kier molecular flexibility index (Phi) is 4.51. The molecular formula is C10H19Br. The van der Waals surface area contributed by atoms with Crippen LogP contribution in [-0.4, -0.2) is 4.83 Å². The lowest BCUT2D eigenvalue weighted by Gasteiger charge is -2.25. The number of hydrogen-bond acceptors (Lipinski definition) is 0. The lowest BCUT2D eigenvalue weighted by Crippen LogP contribution is -2.14. The van der Waals surface area contributed by atoms with Crippen molar-refractivity contribution < 1.29 is 0 Å². The van der Waals surface area contributed by atoms with Crippen molar-refractivity contribution in [2.45, 2.75) is 56.7 Å². The maximum absolute atomic E-state index is 3.72. The molecule has 1 heteroatoms. The van der Waals surface area contributed by atoms with Gasteiger partial charge in [-0.25, -0.2) is 0 Å². The second kappa shape index (κ2) is 5.18. The lowest BCUT2D eigenvalue weighted by molar-refractivity contribution is 0.341. The second-order valence-electron chi connectivity index (χ2n) is 3.77. The van der Waals surface area contributed by atoms with Crippen LogP contribution in [0.2, 0.25) is 0 Å². The number of halogens is 1. The maximum atomic E-state index is 3.72. The van der Waals surface area contributed by atoms with E-state index in [1.807, 2.05) is 0 Å². The van der Waals surface area contributed by atoms with Crippen LogP contribution in [0, 0.1) is 5.92 Å². The fraction of sp³-hybridized carbons (Fsp3) is 1.00. The van der Waals surface area contributed by atoms with E-state index >= 15 is 0 Å². The summed E-state index contributed by atoms with van der Waals surface area (Å²) in [6.45, 7) is 2.29. The first-order chi connectivity index (χ1) is 5.33. The molecule has 2 atom stereocenters. The van der Waals surface area contributed by atoms with Gasteiger partial charge in [-0.3, -0.25) is 0 Å². The molecule has 0 heterocycles. The summed E-state index contributed by atoms with van der Waals surface area (Å²) in [5, 5.41) is 0. The first-order valence-corrected chi connectivity index (χ1v) is 5.88. The predicted molar refractivity (Wildman–Crippen MR) is 54.2 cm³/mol. The SMILES string of the molecule is CCCCC1CCCC(Br)C1. The molecule has 11 heavy (non-hydrogen) atoms. The molecule has 1 saturated carbocycles. The van der Waals surface area contributed by atoms with Crippen molar-refractivity contribution in [3.8, 4) is 0 Å². The van der Waals surface area contributed by atoms with Crippen LogP contribution in [0.3, 0.4) is 0 Å². The van der Waals surface area contributed by atoms with Gasteiger partial charge in [0.05, 0.1) is 0 Å². The average Bonchev–Trinajstić information content (AvgIpc) is 2.01. The first kappa shape index (κ1) is 9.57. The van der Waals surface area contributed by atoms with Gasteiger partial charge >= 0.3 is 0 Å². The third-order valence-corrected chi connectivity index (χ3v) is 3.52. The zero-order valence-corrected chi connectivity index (χ0v) is 9.07. The summed E-state index contributed by atoms with van der Waals surface area (Å²) in [7, 11) is 0. The predicted octanol–water partition coefficient (Wildman–Crippen LogP) is 4.13. The summed E-state index contributed by atoms with van der Waals surface area (Å²) in [6, 6.07) is 0. The number of unbranched alkanes of at least 4 members (excludes halogenated alkanes) is 1. The Morgan fingerprint density at radius 3 is 2.82 bits per heavy atom. The molecule has 1 rings (SSSR count). The Morgan fingerprint density at radius 2 is 2.18 bits per heavy atom. The van der Waals surface area contributed by atoms with Crippen LogP contribution in [0.1, 0.15) is 51.9 Å². The molecule has 1 aliphatic rings. The Labute approximate surface area is 78.9 Å². The van der Waals surface area contributed by atoms with Crippen molar-refractivity contribution in [1.82, 2.24) is 0 Å². The minimum atomic E-state index is 0.832. The van der Waals surface area contributed by atoms with Crippen molar-refractivity contribution in [3.63, 3.8) is 0 Å². The smallest absolute Gasteiger partial charge is 0.0148 e. The summed E-state index contributed by atoms with van der Waals surface area (Å²) in [4.78, 5) is 0.832. The molecule has 1 aliphatic carbocycles. The highest BCUT2D eigenvalue weighted by molar-refractivity contribution is 9.09. The quantitative estimate of drug-likeness (QED) is 0.626. The zero-order valence-electron chi connectivity index (χ0n) is 7.48. The van der Waals surface area contributed by atoms with Crippen molar-refractivity contribution in [2.24, 2.45) is 5.92 Å². The fourth-order valence-corrected chi connectivity index (χ4v) is 2.83. The maximum Gasteiger partial charge on any atom is 0.0148 e. The van der Waals surface area contributed by atoms with Gasteiger partial charge in [0.15, 0.2) is 0 Å². The van der Waals surface area contributed by atoms with E-state index in [1.165, 1.54) is 44.9 Å². The van der Waals surface area contributed by atoms with Gasteiger partial charge in [0.2, 0.25) is 0 Å². The number of alkyl halides is 1. The van der Waals surface area contributed by atoms with Crippen LogP contribution >= 0.6 is 15.9 Å². The van der Waals surface area contributed by atoms with Gasteiger partial charge in [-0.05, 0) is 18.8 Å². The Hall–Kier alpha value is 0.480.